The maximum atomic E-state index is 12.5. The highest BCUT2D eigenvalue weighted by Crippen LogP contribution is 2.24. The molecule has 3 N–H and O–H groups in total. The van der Waals surface area contributed by atoms with Gasteiger partial charge in [-0.1, -0.05) is 0 Å². The van der Waals surface area contributed by atoms with E-state index in [2.05, 4.69) is 10.1 Å². The topological polar surface area (TPSA) is 84.7 Å². The van der Waals surface area contributed by atoms with Gasteiger partial charge in [0.25, 0.3) is 0 Å². The van der Waals surface area contributed by atoms with E-state index in [4.69, 9.17) is 5.73 Å². The summed E-state index contributed by atoms with van der Waals surface area (Å²) in [7, 11) is 0. The van der Waals surface area contributed by atoms with Gasteiger partial charge in [0.2, 0.25) is 11.8 Å². The number of hydrogen-bond acceptors (Lipinski definition) is 4. The quantitative estimate of drug-likeness (QED) is 0.833. The van der Waals surface area contributed by atoms with Crippen molar-refractivity contribution in [2.24, 2.45) is 5.73 Å². The van der Waals surface area contributed by atoms with Crippen LogP contribution in [0.5, 0.6) is 5.75 Å². The van der Waals surface area contributed by atoms with E-state index in [0.717, 1.165) is 0 Å². The minimum atomic E-state index is -2.89. The molecule has 0 aliphatic carbocycles. The number of alkyl halides is 2. The molecule has 0 spiro atoms. The van der Waals surface area contributed by atoms with E-state index in [1.165, 1.54) is 29.2 Å². The van der Waals surface area contributed by atoms with E-state index in [0.29, 0.717) is 25.1 Å². The number of halogens is 3. The molecule has 1 unspecified atom stereocenters. The van der Waals surface area contributed by atoms with Gasteiger partial charge in [0.1, 0.15) is 11.8 Å². The van der Waals surface area contributed by atoms with Gasteiger partial charge in [0.05, 0.1) is 6.04 Å². The number of piperidine rings is 1. The molecule has 2 amide bonds. The van der Waals surface area contributed by atoms with Crippen LogP contribution >= 0.6 is 12.4 Å². The summed E-state index contributed by atoms with van der Waals surface area (Å²) in [5, 5.41) is 2.63. The molecule has 1 aliphatic heterocycles. The number of rotatable bonds is 5. The number of carbonyl (C=O) groups excluding carboxylic acids is 2. The van der Waals surface area contributed by atoms with Crippen molar-refractivity contribution in [2.75, 3.05) is 11.4 Å². The first-order valence-electron chi connectivity index (χ1n) is 7.30. The molecule has 1 aromatic carbocycles. The smallest absolute Gasteiger partial charge is 0.387 e. The zero-order chi connectivity index (χ0) is 17.0. The Morgan fingerprint density at radius 1 is 1.38 bits per heavy atom. The molecule has 0 saturated carbocycles. The summed E-state index contributed by atoms with van der Waals surface area (Å²) >= 11 is 0. The Hall–Kier alpha value is -1.93. The second-order valence-corrected chi connectivity index (χ2v) is 5.35. The molecule has 1 saturated heterocycles. The molecule has 24 heavy (non-hydrogen) atoms. The maximum Gasteiger partial charge on any atom is 0.387 e. The molecule has 1 heterocycles. The highest BCUT2D eigenvalue weighted by molar-refractivity contribution is 6.00. The highest BCUT2D eigenvalue weighted by Gasteiger charge is 2.31. The number of nitrogens with two attached hydrogens (primary N) is 1. The SMILES string of the molecule is C[C@@H](N)C(=O)NC1CCCN(c2ccc(OC(F)F)cc2)C1=O.Cl. The number of nitrogens with zero attached hydrogens (tertiary/aromatic N) is 1. The van der Waals surface area contributed by atoms with E-state index in [-0.39, 0.29) is 30.0 Å². The molecule has 1 aromatic rings. The van der Waals surface area contributed by atoms with Crippen molar-refractivity contribution in [3.8, 4) is 5.75 Å². The maximum absolute atomic E-state index is 12.5. The van der Waals surface area contributed by atoms with Crippen LogP contribution in [0.25, 0.3) is 0 Å². The average molecular weight is 364 g/mol. The fraction of sp³-hybridized carbons (Fsp3) is 0.467. The number of carbonyl (C=O) groups is 2. The average Bonchev–Trinajstić information content (AvgIpc) is 2.49. The molecule has 2 atom stereocenters. The molecule has 6 nitrogen and oxygen atoms in total. The van der Waals surface area contributed by atoms with Crippen LogP contribution in [0, 0.1) is 0 Å². The van der Waals surface area contributed by atoms with Gasteiger partial charge in [-0.2, -0.15) is 8.78 Å². The van der Waals surface area contributed by atoms with Crippen molar-refractivity contribution in [2.45, 2.75) is 38.5 Å². The summed E-state index contributed by atoms with van der Waals surface area (Å²) in [5.74, 6) is -0.603. The third-order valence-corrected chi connectivity index (χ3v) is 3.54. The number of amides is 2. The second kappa shape index (κ2) is 8.79. The molecule has 1 fully saturated rings. The van der Waals surface area contributed by atoms with E-state index < -0.39 is 18.7 Å². The van der Waals surface area contributed by atoms with Crippen molar-refractivity contribution >= 4 is 29.9 Å². The molecular formula is C15H20ClF2N3O3. The van der Waals surface area contributed by atoms with Crippen molar-refractivity contribution in [1.82, 2.24) is 5.32 Å². The summed E-state index contributed by atoms with van der Waals surface area (Å²) in [6, 6.07) is 4.50. The van der Waals surface area contributed by atoms with Gasteiger partial charge in [0.15, 0.2) is 0 Å². The van der Waals surface area contributed by atoms with E-state index in [1.54, 1.807) is 6.92 Å². The fourth-order valence-electron chi connectivity index (χ4n) is 2.38. The van der Waals surface area contributed by atoms with Crippen LogP contribution < -0.4 is 20.7 Å². The minimum Gasteiger partial charge on any atom is -0.435 e. The third-order valence-electron chi connectivity index (χ3n) is 3.54. The normalized spacial score (nSPS) is 18.8. The Morgan fingerprint density at radius 2 is 2.00 bits per heavy atom. The van der Waals surface area contributed by atoms with Gasteiger partial charge >= 0.3 is 6.61 Å². The number of anilines is 1. The van der Waals surface area contributed by atoms with Crippen LogP contribution in [0.15, 0.2) is 24.3 Å². The summed E-state index contributed by atoms with van der Waals surface area (Å²) in [6.07, 6.45) is 1.26. The first-order valence-corrected chi connectivity index (χ1v) is 7.30. The zero-order valence-corrected chi connectivity index (χ0v) is 13.9. The Balaban J connectivity index is 0.00000288. The molecule has 2 rings (SSSR count). The van der Waals surface area contributed by atoms with E-state index >= 15 is 0 Å². The van der Waals surface area contributed by atoms with Crippen LogP contribution in [0.1, 0.15) is 19.8 Å². The lowest BCUT2D eigenvalue weighted by atomic mass is 10.0. The number of hydrogen-bond donors (Lipinski definition) is 2. The van der Waals surface area contributed by atoms with Gasteiger partial charge in [-0.3, -0.25) is 9.59 Å². The summed E-state index contributed by atoms with van der Waals surface area (Å²) in [4.78, 5) is 25.6. The molecule has 134 valence electrons. The van der Waals surface area contributed by atoms with Gasteiger partial charge in [-0.05, 0) is 44.0 Å². The van der Waals surface area contributed by atoms with Gasteiger partial charge in [-0.25, -0.2) is 0 Å². The Kier molecular flexibility index (Phi) is 7.37. The Morgan fingerprint density at radius 3 is 2.54 bits per heavy atom. The lowest BCUT2D eigenvalue weighted by Crippen LogP contribution is -2.55. The van der Waals surface area contributed by atoms with Crippen molar-refractivity contribution in [3.63, 3.8) is 0 Å². The van der Waals surface area contributed by atoms with Gasteiger partial charge in [0, 0.05) is 12.2 Å². The van der Waals surface area contributed by atoms with Crippen LogP contribution in [0.4, 0.5) is 14.5 Å². The fourth-order valence-corrected chi connectivity index (χ4v) is 2.38. The van der Waals surface area contributed by atoms with Crippen LogP contribution in [-0.2, 0) is 9.59 Å². The predicted molar refractivity (Wildman–Crippen MR) is 87.5 cm³/mol. The molecule has 0 aromatic heterocycles. The van der Waals surface area contributed by atoms with Crippen molar-refractivity contribution in [1.29, 1.82) is 0 Å². The van der Waals surface area contributed by atoms with Gasteiger partial charge < -0.3 is 20.7 Å². The summed E-state index contributed by atoms with van der Waals surface area (Å²) in [5.41, 5.74) is 6.05. The molecule has 9 heteroatoms. The number of nitrogens with one attached hydrogen (secondary N) is 1. The van der Waals surface area contributed by atoms with Crippen LogP contribution in [-0.4, -0.2) is 37.1 Å². The summed E-state index contributed by atoms with van der Waals surface area (Å²) < 4.78 is 28.6. The Labute approximate surface area is 144 Å². The lowest BCUT2D eigenvalue weighted by molar-refractivity contribution is -0.128. The first-order chi connectivity index (χ1) is 10.9. The van der Waals surface area contributed by atoms with Gasteiger partial charge in [-0.15, -0.1) is 12.4 Å². The number of ether oxygens (including phenoxy) is 1. The second-order valence-electron chi connectivity index (χ2n) is 5.35. The third kappa shape index (κ3) is 5.04. The van der Waals surface area contributed by atoms with E-state index in [1.807, 2.05) is 0 Å². The van der Waals surface area contributed by atoms with Crippen LogP contribution in [0.2, 0.25) is 0 Å². The van der Waals surface area contributed by atoms with Crippen molar-refractivity contribution in [3.05, 3.63) is 24.3 Å². The minimum absolute atomic E-state index is 0. The van der Waals surface area contributed by atoms with Crippen LogP contribution in [0.3, 0.4) is 0 Å². The summed E-state index contributed by atoms with van der Waals surface area (Å²) in [6.45, 7) is -0.851. The highest BCUT2D eigenvalue weighted by atomic mass is 35.5. The Bertz CT molecular complexity index is 570. The molecule has 0 bridgehead atoms. The van der Waals surface area contributed by atoms with Crippen molar-refractivity contribution < 1.29 is 23.1 Å². The molecule has 0 radical (unpaired) electrons. The standard InChI is InChI=1S/C15H19F2N3O3.ClH/c1-9(18)13(21)19-12-3-2-8-20(14(12)22)10-4-6-11(7-5-10)23-15(16)17;/h4-7,9,12,15H,2-3,8,18H2,1H3,(H,19,21);1H/t9-,12?;/m1./s1. The van der Waals surface area contributed by atoms with E-state index in [9.17, 15) is 18.4 Å². The number of benzene rings is 1. The predicted octanol–water partition coefficient (Wildman–Crippen LogP) is 1.67. The first kappa shape index (κ1) is 20.1. The zero-order valence-electron chi connectivity index (χ0n) is 13.1. The monoisotopic (exact) mass is 363 g/mol. The lowest BCUT2D eigenvalue weighted by Gasteiger charge is -2.33. The molecular weight excluding hydrogens is 344 g/mol. The largest absolute Gasteiger partial charge is 0.435 e. The molecule has 1 aliphatic rings.